The number of hydrogen-bond donors (Lipinski definition) is 2. The van der Waals surface area contributed by atoms with Crippen LogP contribution in [0.25, 0.3) is 0 Å². The molecule has 26 heavy (non-hydrogen) atoms. The first kappa shape index (κ1) is 20.2. The van der Waals surface area contributed by atoms with Crippen LogP contribution in [0.15, 0.2) is 42.5 Å². The van der Waals surface area contributed by atoms with Crippen molar-refractivity contribution < 1.29 is 14.0 Å². The number of benzene rings is 2. The largest absolute Gasteiger partial charge is 0.325 e. The van der Waals surface area contributed by atoms with Gasteiger partial charge in [-0.05, 0) is 37.4 Å². The zero-order valence-corrected chi connectivity index (χ0v) is 15.6. The van der Waals surface area contributed by atoms with E-state index in [1.54, 1.807) is 36.2 Å². The van der Waals surface area contributed by atoms with Crippen molar-refractivity contribution in [3.8, 4) is 0 Å². The fraction of sp³-hybridized carbons (Fsp3) is 0.222. The molecule has 0 aliphatic heterocycles. The van der Waals surface area contributed by atoms with Crippen LogP contribution in [0.3, 0.4) is 0 Å². The zero-order chi connectivity index (χ0) is 19.1. The lowest BCUT2D eigenvalue weighted by atomic mass is 10.3. The fourth-order valence-electron chi connectivity index (χ4n) is 2.20. The molecule has 2 amide bonds. The molecule has 0 radical (unpaired) electrons. The smallest absolute Gasteiger partial charge is 0.238 e. The van der Waals surface area contributed by atoms with Crippen LogP contribution in [0.2, 0.25) is 10.0 Å². The van der Waals surface area contributed by atoms with Gasteiger partial charge in [0.2, 0.25) is 11.8 Å². The minimum absolute atomic E-state index is 0.0661. The van der Waals surface area contributed by atoms with Crippen LogP contribution in [-0.4, -0.2) is 36.9 Å². The van der Waals surface area contributed by atoms with Crippen LogP contribution in [-0.2, 0) is 9.59 Å². The Kier molecular flexibility index (Phi) is 7.38. The first-order valence-electron chi connectivity index (χ1n) is 7.83. The van der Waals surface area contributed by atoms with E-state index in [1.165, 1.54) is 18.2 Å². The van der Waals surface area contributed by atoms with Crippen LogP contribution >= 0.6 is 23.2 Å². The summed E-state index contributed by atoms with van der Waals surface area (Å²) in [6, 6.07) is 10.6. The molecule has 0 saturated carbocycles. The maximum Gasteiger partial charge on any atom is 0.238 e. The molecule has 0 unspecified atom stereocenters. The fourth-order valence-corrected chi connectivity index (χ4v) is 2.69. The Hall–Kier alpha value is -2.15. The van der Waals surface area contributed by atoms with E-state index in [1.807, 2.05) is 0 Å². The number of hydrogen-bond acceptors (Lipinski definition) is 3. The summed E-state index contributed by atoms with van der Waals surface area (Å²) in [7, 11) is 1.71. The second kappa shape index (κ2) is 9.52. The molecule has 2 N–H and O–H groups in total. The third kappa shape index (κ3) is 6.29. The monoisotopic (exact) mass is 397 g/mol. The number of nitrogens with zero attached hydrogens (tertiary/aromatic N) is 1. The molecular formula is C18H18Cl2FN3O2. The van der Waals surface area contributed by atoms with E-state index >= 15 is 0 Å². The van der Waals surface area contributed by atoms with Crippen molar-refractivity contribution in [3.05, 3.63) is 58.3 Å². The summed E-state index contributed by atoms with van der Waals surface area (Å²) in [5.74, 6) is -0.990. The lowest BCUT2D eigenvalue weighted by molar-refractivity contribution is -0.119. The minimum Gasteiger partial charge on any atom is -0.325 e. The second-order valence-corrected chi connectivity index (χ2v) is 6.51. The molecule has 0 aromatic heterocycles. The van der Waals surface area contributed by atoms with Gasteiger partial charge in [-0.25, -0.2) is 4.39 Å². The summed E-state index contributed by atoms with van der Waals surface area (Å²) in [6.45, 7) is 0.418. The predicted molar refractivity (Wildman–Crippen MR) is 102 cm³/mol. The first-order chi connectivity index (χ1) is 12.3. The van der Waals surface area contributed by atoms with Gasteiger partial charge >= 0.3 is 0 Å². The summed E-state index contributed by atoms with van der Waals surface area (Å²) in [6.07, 6.45) is 0.158. The number of carbonyl (C=O) groups is 2. The Morgan fingerprint density at radius 2 is 1.69 bits per heavy atom. The van der Waals surface area contributed by atoms with Gasteiger partial charge in [-0.1, -0.05) is 35.3 Å². The number of halogens is 3. The SMILES string of the molecule is CN(CCC(=O)Nc1c(Cl)cccc1Cl)CC(=O)Nc1cccc(F)c1. The molecular weight excluding hydrogens is 380 g/mol. The van der Waals surface area contributed by atoms with Gasteiger partial charge in [-0.2, -0.15) is 0 Å². The minimum atomic E-state index is -0.425. The van der Waals surface area contributed by atoms with Crippen LogP contribution in [0, 0.1) is 5.82 Å². The molecule has 0 bridgehead atoms. The van der Waals surface area contributed by atoms with Gasteiger partial charge in [0.05, 0.1) is 22.3 Å². The average molecular weight is 398 g/mol. The molecule has 5 nitrogen and oxygen atoms in total. The standard InChI is InChI=1S/C18H18Cl2FN3O2/c1-24(11-17(26)22-13-5-2-4-12(21)10-13)9-8-16(25)23-18-14(19)6-3-7-15(18)20/h2-7,10H,8-9,11H2,1H3,(H,22,26)(H,23,25). The third-order valence-electron chi connectivity index (χ3n) is 3.47. The van der Waals surface area contributed by atoms with Crippen molar-refractivity contribution >= 4 is 46.4 Å². The van der Waals surface area contributed by atoms with E-state index < -0.39 is 5.82 Å². The number of para-hydroxylation sites is 1. The maximum absolute atomic E-state index is 13.1. The van der Waals surface area contributed by atoms with E-state index in [0.717, 1.165) is 0 Å². The summed E-state index contributed by atoms with van der Waals surface area (Å²) in [4.78, 5) is 25.7. The number of amides is 2. The number of carbonyl (C=O) groups excluding carboxylic acids is 2. The molecule has 0 fully saturated rings. The van der Waals surface area contributed by atoms with Gasteiger partial charge in [0.1, 0.15) is 5.82 Å². The lowest BCUT2D eigenvalue weighted by Gasteiger charge is -2.16. The quantitative estimate of drug-likeness (QED) is 0.741. The molecule has 2 rings (SSSR count). The predicted octanol–water partition coefficient (Wildman–Crippen LogP) is 4.03. The van der Waals surface area contributed by atoms with Crippen LogP contribution in [0.5, 0.6) is 0 Å². The first-order valence-corrected chi connectivity index (χ1v) is 8.58. The molecule has 0 saturated heterocycles. The molecule has 2 aromatic carbocycles. The van der Waals surface area contributed by atoms with Crippen molar-refractivity contribution in [2.75, 3.05) is 30.8 Å². The highest BCUT2D eigenvalue weighted by Crippen LogP contribution is 2.29. The number of rotatable bonds is 7. The maximum atomic E-state index is 13.1. The van der Waals surface area contributed by atoms with Crippen LogP contribution in [0.4, 0.5) is 15.8 Å². The number of likely N-dealkylation sites (N-methyl/N-ethyl adjacent to an activating group) is 1. The Morgan fingerprint density at radius 1 is 1.04 bits per heavy atom. The highest BCUT2D eigenvalue weighted by molar-refractivity contribution is 6.39. The molecule has 8 heteroatoms. The van der Waals surface area contributed by atoms with E-state index in [2.05, 4.69) is 10.6 Å². The van der Waals surface area contributed by atoms with E-state index in [0.29, 0.717) is 28.0 Å². The Morgan fingerprint density at radius 3 is 2.35 bits per heavy atom. The van der Waals surface area contributed by atoms with E-state index in [4.69, 9.17) is 23.2 Å². The molecule has 0 heterocycles. The number of anilines is 2. The summed E-state index contributed by atoms with van der Waals surface area (Å²) in [5, 5.41) is 5.97. The Balaban J connectivity index is 1.78. The molecule has 0 atom stereocenters. The van der Waals surface area contributed by atoms with Crippen molar-refractivity contribution in [1.82, 2.24) is 4.90 Å². The van der Waals surface area contributed by atoms with Crippen molar-refractivity contribution in [2.24, 2.45) is 0 Å². The number of nitrogens with one attached hydrogen (secondary N) is 2. The summed E-state index contributed by atoms with van der Waals surface area (Å²) in [5.41, 5.74) is 0.752. The van der Waals surface area contributed by atoms with Crippen molar-refractivity contribution in [3.63, 3.8) is 0 Å². The zero-order valence-electron chi connectivity index (χ0n) is 14.1. The van der Waals surface area contributed by atoms with Gasteiger partial charge < -0.3 is 10.6 Å². The molecule has 0 aliphatic carbocycles. The molecule has 0 spiro atoms. The molecule has 138 valence electrons. The van der Waals surface area contributed by atoms with Gasteiger partial charge in [0, 0.05) is 18.7 Å². The van der Waals surface area contributed by atoms with E-state index in [9.17, 15) is 14.0 Å². The van der Waals surface area contributed by atoms with Crippen LogP contribution < -0.4 is 10.6 Å². The Bertz CT molecular complexity index is 782. The highest BCUT2D eigenvalue weighted by atomic mass is 35.5. The Labute approximate surface area is 161 Å². The van der Waals surface area contributed by atoms with Crippen molar-refractivity contribution in [1.29, 1.82) is 0 Å². The van der Waals surface area contributed by atoms with Gasteiger partial charge in [0.25, 0.3) is 0 Å². The lowest BCUT2D eigenvalue weighted by Crippen LogP contribution is -2.32. The van der Waals surface area contributed by atoms with Crippen molar-refractivity contribution in [2.45, 2.75) is 6.42 Å². The summed E-state index contributed by atoms with van der Waals surface area (Å²) >= 11 is 12.0. The average Bonchev–Trinajstić information content (AvgIpc) is 2.56. The van der Waals surface area contributed by atoms with Crippen LogP contribution in [0.1, 0.15) is 6.42 Å². The van der Waals surface area contributed by atoms with E-state index in [-0.39, 0.29) is 24.8 Å². The second-order valence-electron chi connectivity index (χ2n) is 5.69. The van der Waals surface area contributed by atoms with Gasteiger partial charge in [-0.3, -0.25) is 14.5 Å². The topological polar surface area (TPSA) is 61.4 Å². The highest BCUT2D eigenvalue weighted by Gasteiger charge is 2.12. The summed E-state index contributed by atoms with van der Waals surface area (Å²) < 4.78 is 13.1. The molecule has 2 aromatic rings. The normalized spacial score (nSPS) is 10.7. The third-order valence-corrected chi connectivity index (χ3v) is 4.10. The molecule has 0 aliphatic rings. The van der Waals surface area contributed by atoms with Gasteiger partial charge in [0.15, 0.2) is 0 Å². The van der Waals surface area contributed by atoms with Gasteiger partial charge in [-0.15, -0.1) is 0 Å².